The number of esters is 1. The van der Waals surface area contributed by atoms with Gasteiger partial charge in [-0.15, -0.1) is 0 Å². The van der Waals surface area contributed by atoms with Gasteiger partial charge >= 0.3 is 5.97 Å². The van der Waals surface area contributed by atoms with E-state index in [1.165, 1.54) is 0 Å². The van der Waals surface area contributed by atoms with Gasteiger partial charge in [-0.05, 0) is 41.4 Å². The number of carbonyl (C=O) groups excluding carboxylic acids is 3. The molecule has 4 rings (SSSR count). The van der Waals surface area contributed by atoms with Crippen molar-refractivity contribution in [3.05, 3.63) is 46.4 Å². The Labute approximate surface area is 214 Å². The molecule has 1 aromatic rings. The van der Waals surface area contributed by atoms with Gasteiger partial charge in [-0.25, -0.2) is 0 Å². The van der Waals surface area contributed by atoms with Gasteiger partial charge in [0.2, 0.25) is 0 Å². The molecule has 3 aliphatic rings. The molecular formula is C30H38O6. The van der Waals surface area contributed by atoms with Crippen LogP contribution in [-0.4, -0.2) is 24.1 Å². The van der Waals surface area contributed by atoms with Crippen molar-refractivity contribution >= 4 is 17.5 Å². The molecule has 0 amide bonds. The fourth-order valence-electron chi connectivity index (χ4n) is 5.56. The molecule has 1 aromatic carbocycles. The Morgan fingerprint density at radius 3 is 2.00 bits per heavy atom. The summed E-state index contributed by atoms with van der Waals surface area (Å²) in [6.45, 7) is 14.4. The number of benzene rings is 1. The molecule has 0 unspecified atom stereocenters. The van der Waals surface area contributed by atoms with E-state index in [1.54, 1.807) is 6.07 Å². The van der Waals surface area contributed by atoms with E-state index in [0.29, 0.717) is 72.9 Å². The maximum atomic E-state index is 13.5. The molecule has 0 saturated carbocycles. The Morgan fingerprint density at radius 1 is 0.944 bits per heavy atom. The predicted octanol–water partition coefficient (Wildman–Crippen LogP) is 6.44. The van der Waals surface area contributed by atoms with Crippen LogP contribution in [0.15, 0.2) is 40.9 Å². The van der Waals surface area contributed by atoms with Gasteiger partial charge in [-0.2, -0.15) is 0 Å². The monoisotopic (exact) mass is 494 g/mol. The molecule has 36 heavy (non-hydrogen) atoms. The van der Waals surface area contributed by atoms with Crippen LogP contribution in [0.3, 0.4) is 0 Å². The molecule has 0 fully saturated rings. The van der Waals surface area contributed by atoms with E-state index in [9.17, 15) is 14.4 Å². The van der Waals surface area contributed by atoms with Crippen molar-refractivity contribution < 1.29 is 28.6 Å². The minimum absolute atomic E-state index is 0.0147. The SMILES string of the molecule is CCOc1cc(C2C3=C(CC(C)(C)CC3=O)OC3=C2C(=O)CC(C)(C)C3)ccc1OC(=O)CC(C)C. The van der Waals surface area contributed by atoms with Gasteiger partial charge in [0, 0.05) is 49.2 Å². The smallest absolute Gasteiger partial charge is 0.311 e. The maximum absolute atomic E-state index is 13.5. The average Bonchev–Trinajstić information content (AvgIpc) is 2.71. The highest BCUT2D eigenvalue weighted by Crippen LogP contribution is 2.53. The van der Waals surface area contributed by atoms with Crippen LogP contribution in [0.1, 0.15) is 92.1 Å². The molecule has 0 spiro atoms. The normalized spacial score (nSPS) is 21.2. The zero-order valence-electron chi connectivity index (χ0n) is 22.6. The van der Waals surface area contributed by atoms with Crippen LogP contribution in [0.25, 0.3) is 0 Å². The van der Waals surface area contributed by atoms with Crippen LogP contribution in [0.2, 0.25) is 0 Å². The summed E-state index contributed by atoms with van der Waals surface area (Å²) in [5.41, 5.74) is 1.50. The number of hydrogen-bond donors (Lipinski definition) is 0. The summed E-state index contributed by atoms with van der Waals surface area (Å²) in [5, 5.41) is 0. The van der Waals surface area contributed by atoms with Gasteiger partial charge in [0.1, 0.15) is 11.5 Å². The summed E-state index contributed by atoms with van der Waals surface area (Å²) in [4.78, 5) is 39.3. The third kappa shape index (κ3) is 5.28. The maximum Gasteiger partial charge on any atom is 0.311 e. The lowest BCUT2D eigenvalue weighted by Crippen LogP contribution is -2.37. The second-order valence-corrected chi connectivity index (χ2v) is 12.3. The molecule has 6 nitrogen and oxygen atoms in total. The Kier molecular flexibility index (Phi) is 6.93. The third-order valence-corrected chi connectivity index (χ3v) is 6.98. The fraction of sp³-hybridized carbons (Fsp3) is 0.567. The molecule has 0 radical (unpaired) electrons. The number of Topliss-reactive ketones (excluding diaryl/α,β-unsaturated/α-hetero) is 2. The topological polar surface area (TPSA) is 78.9 Å². The molecule has 1 aliphatic heterocycles. The molecule has 0 saturated heterocycles. The van der Waals surface area contributed by atoms with Crippen molar-refractivity contribution in [2.24, 2.45) is 16.7 Å². The zero-order valence-corrected chi connectivity index (χ0v) is 22.6. The Balaban J connectivity index is 1.83. The van der Waals surface area contributed by atoms with Crippen molar-refractivity contribution in [3.63, 3.8) is 0 Å². The first-order chi connectivity index (χ1) is 16.8. The molecule has 0 bridgehead atoms. The summed E-state index contributed by atoms with van der Waals surface area (Å²) in [7, 11) is 0. The van der Waals surface area contributed by atoms with E-state index in [1.807, 2.05) is 32.9 Å². The number of allylic oxidation sites excluding steroid dienone is 4. The Morgan fingerprint density at radius 2 is 1.50 bits per heavy atom. The summed E-state index contributed by atoms with van der Waals surface area (Å²) in [5.74, 6) is 1.48. The summed E-state index contributed by atoms with van der Waals surface area (Å²) in [6, 6.07) is 5.36. The summed E-state index contributed by atoms with van der Waals surface area (Å²) in [6.07, 6.45) is 2.38. The number of carbonyl (C=O) groups is 3. The molecule has 2 aliphatic carbocycles. The largest absolute Gasteiger partial charge is 0.490 e. The van der Waals surface area contributed by atoms with Crippen LogP contribution in [0.5, 0.6) is 11.5 Å². The lowest BCUT2D eigenvalue weighted by atomic mass is 9.65. The molecule has 0 aromatic heterocycles. The number of hydrogen-bond acceptors (Lipinski definition) is 6. The van der Waals surface area contributed by atoms with Crippen molar-refractivity contribution in [3.8, 4) is 11.5 Å². The van der Waals surface area contributed by atoms with Gasteiger partial charge in [0.25, 0.3) is 0 Å². The van der Waals surface area contributed by atoms with Gasteiger partial charge < -0.3 is 14.2 Å². The van der Waals surface area contributed by atoms with Crippen molar-refractivity contribution in [1.29, 1.82) is 0 Å². The predicted molar refractivity (Wildman–Crippen MR) is 137 cm³/mol. The van der Waals surface area contributed by atoms with Gasteiger partial charge in [0.15, 0.2) is 23.1 Å². The van der Waals surface area contributed by atoms with Crippen LogP contribution < -0.4 is 9.47 Å². The second kappa shape index (κ2) is 9.53. The summed E-state index contributed by atoms with van der Waals surface area (Å²) >= 11 is 0. The molecule has 1 heterocycles. The highest BCUT2D eigenvalue weighted by molar-refractivity contribution is 6.06. The quantitative estimate of drug-likeness (QED) is 0.335. The van der Waals surface area contributed by atoms with Gasteiger partial charge in [-0.3, -0.25) is 14.4 Å². The summed E-state index contributed by atoms with van der Waals surface area (Å²) < 4.78 is 17.8. The Hall–Kier alpha value is -2.89. The minimum atomic E-state index is -0.518. The first kappa shape index (κ1) is 26.2. The molecule has 194 valence electrons. The van der Waals surface area contributed by atoms with Crippen LogP contribution >= 0.6 is 0 Å². The second-order valence-electron chi connectivity index (χ2n) is 12.3. The van der Waals surface area contributed by atoms with Crippen molar-refractivity contribution in [2.45, 2.75) is 86.5 Å². The van der Waals surface area contributed by atoms with Crippen LogP contribution in [-0.2, 0) is 19.1 Å². The van der Waals surface area contributed by atoms with E-state index in [0.717, 1.165) is 5.56 Å². The van der Waals surface area contributed by atoms with Gasteiger partial charge in [-0.1, -0.05) is 47.6 Å². The molecule has 0 N–H and O–H groups in total. The lowest BCUT2D eigenvalue weighted by Gasteiger charge is -2.42. The zero-order chi connectivity index (χ0) is 26.4. The average molecular weight is 495 g/mol. The Bertz CT molecular complexity index is 1110. The van der Waals surface area contributed by atoms with Gasteiger partial charge in [0.05, 0.1) is 6.61 Å². The number of rotatable bonds is 6. The lowest BCUT2D eigenvalue weighted by molar-refractivity contribution is -0.135. The van der Waals surface area contributed by atoms with Crippen molar-refractivity contribution in [2.75, 3.05) is 6.61 Å². The molecule has 0 atom stereocenters. The standard InChI is InChI=1S/C30H38O6/c1-8-34-22-12-18(9-10-21(22)36-25(33)11-17(2)3)26-27-19(31)13-29(4,5)15-23(27)35-24-16-30(6,7)14-20(32)28(24)26/h9-10,12,17,26H,8,11,13-16H2,1-7H3. The van der Waals surface area contributed by atoms with Crippen LogP contribution in [0, 0.1) is 16.7 Å². The first-order valence-electron chi connectivity index (χ1n) is 13.0. The molecule has 6 heteroatoms. The third-order valence-electron chi connectivity index (χ3n) is 6.98. The van der Waals surface area contributed by atoms with E-state index >= 15 is 0 Å². The molecular weight excluding hydrogens is 456 g/mol. The van der Waals surface area contributed by atoms with E-state index in [-0.39, 0.29) is 34.3 Å². The van der Waals surface area contributed by atoms with Crippen molar-refractivity contribution in [1.82, 2.24) is 0 Å². The van der Waals surface area contributed by atoms with E-state index in [2.05, 4.69) is 27.7 Å². The number of ketones is 2. The fourth-order valence-corrected chi connectivity index (χ4v) is 5.56. The highest BCUT2D eigenvalue weighted by Gasteiger charge is 2.48. The first-order valence-corrected chi connectivity index (χ1v) is 13.0. The van der Waals surface area contributed by atoms with E-state index < -0.39 is 5.92 Å². The van der Waals surface area contributed by atoms with Crippen LogP contribution in [0.4, 0.5) is 0 Å². The minimum Gasteiger partial charge on any atom is -0.490 e. The highest BCUT2D eigenvalue weighted by atomic mass is 16.6. The van der Waals surface area contributed by atoms with E-state index in [4.69, 9.17) is 14.2 Å². The number of ether oxygens (including phenoxy) is 3.